The first kappa shape index (κ1) is 30.0. The average Bonchev–Trinajstić information content (AvgIpc) is 2.93. The monoisotopic (exact) mass is 571 g/mol. The molecule has 0 aliphatic rings. The van der Waals surface area contributed by atoms with Crippen molar-refractivity contribution < 1.29 is 22.7 Å². The van der Waals surface area contributed by atoms with E-state index in [0.717, 1.165) is 21.9 Å². The molecule has 39 heavy (non-hydrogen) atoms. The number of amides is 2. The lowest BCUT2D eigenvalue weighted by Gasteiger charge is -2.32. The van der Waals surface area contributed by atoms with Gasteiger partial charge in [0.25, 0.3) is 10.0 Å². The topological polar surface area (TPSA) is 96.0 Å². The van der Waals surface area contributed by atoms with Crippen LogP contribution < -0.4 is 14.4 Å². The fourth-order valence-corrected chi connectivity index (χ4v) is 5.48. The Morgan fingerprint density at radius 3 is 2.28 bits per heavy atom. The van der Waals surface area contributed by atoms with Gasteiger partial charge in [-0.3, -0.25) is 13.9 Å². The van der Waals surface area contributed by atoms with Gasteiger partial charge in [-0.25, -0.2) is 8.42 Å². The Kier molecular flexibility index (Phi) is 10.4. The summed E-state index contributed by atoms with van der Waals surface area (Å²) in [7, 11) is -2.59. The van der Waals surface area contributed by atoms with Crippen LogP contribution in [0, 0.1) is 6.92 Å². The lowest BCUT2D eigenvalue weighted by molar-refractivity contribution is -0.139. The maximum absolute atomic E-state index is 13.9. The van der Waals surface area contributed by atoms with Crippen LogP contribution in [0.15, 0.2) is 77.7 Å². The molecule has 0 radical (unpaired) electrons. The van der Waals surface area contributed by atoms with Crippen molar-refractivity contribution in [3.63, 3.8) is 0 Å². The minimum atomic E-state index is -4.15. The van der Waals surface area contributed by atoms with Gasteiger partial charge in [-0.2, -0.15) is 0 Å². The van der Waals surface area contributed by atoms with Crippen LogP contribution >= 0.6 is 11.6 Å². The largest absolute Gasteiger partial charge is 0.497 e. The molecule has 0 unspecified atom stereocenters. The molecule has 0 aromatic heterocycles. The molecule has 3 aromatic carbocycles. The molecule has 0 saturated carbocycles. The molecule has 0 saturated heterocycles. The maximum atomic E-state index is 13.9. The molecule has 208 valence electrons. The van der Waals surface area contributed by atoms with E-state index in [1.165, 1.54) is 29.2 Å². The van der Waals surface area contributed by atoms with Gasteiger partial charge in [0.05, 0.1) is 17.7 Å². The number of rotatable bonds is 12. The second-order valence-corrected chi connectivity index (χ2v) is 11.4. The minimum absolute atomic E-state index is 0.00310. The fourth-order valence-electron chi connectivity index (χ4n) is 3.95. The summed E-state index contributed by atoms with van der Waals surface area (Å²) in [6, 6.07) is 19.0. The number of methoxy groups -OCH3 is 1. The van der Waals surface area contributed by atoms with Gasteiger partial charge in [-0.05, 0) is 79.9 Å². The Bertz CT molecular complexity index is 1380. The van der Waals surface area contributed by atoms with Gasteiger partial charge in [0.15, 0.2) is 0 Å². The molecular weight excluding hydrogens is 538 g/mol. The Morgan fingerprint density at radius 2 is 1.69 bits per heavy atom. The Morgan fingerprint density at radius 1 is 1.03 bits per heavy atom. The van der Waals surface area contributed by atoms with Crippen molar-refractivity contribution in [1.82, 2.24) is 10.2 Å². The van der Waals surface area contributed by atoms with Gasteiger partial charge < -0.3 is 15.0 Å². The zero-order chi connectivity index (χ0) is 28.6. The van der Waals surface area contributed by atoms with E-state index >= 15 is 0 Å². The molecule has 3 aromatic rings. The summed E-state index contributed by atoms with van der Waals surface area (Å²) in [4.78, 5) is 28.2. The number of carbonyl (C=O) groups is 2. The molecule has 0 aliphatic carbocycles. The lowest BCUT2D eigenvalue weighted by atomic mass is 10.1. The summed E-state index contributed by atoms with van der Waals surface area (Å²) < 4.78 is 33.9. The molecule has 3 rings (SSSR count). The molecule has 0 aliphatic heterocycles. The first-order chi connectivity index (χ1) is 18.6. The van der Waals surface area contributed by atoms with Crippen LogP contribution in [0.1, 0.15) is 31.4 Å². The van der Waals surface area contributed by atoms with Crippen LogP contribution in [0.25, 0.3) is 0 Å². The zero-order valence-corrected chi connectivity index (χ0v) is 24.1. The first-order valence-corrected chi connectivity index (χ1v) is 14.4. The number of nitrogens with one attached hydrogen (secondary N) is 1. The Balaban J connectivity index is 2.01. The van der Waals surface area contributed by atoms with E-state index in [9.17, 15) is 18.0 Å². The normalized spacial score (nSPS) is 11.9. The predicted molar refractivity (Wildman–Crippen MR) is 153 cm³/mol. The van der Waals surface area contributed by atoms with Crippen molar-refractivity contribution in [3.8, 4) is 5.75 Å². The second-order valence-electron chi connectivity index (χ2n) is 9.14. The smallest absolute Gasteiger partial charge is 0.264 e. The first-order valence-electron chi connectivity index (χ1n) is 12.6. The van der Waals surface area contributed by atoms with Gasteiger partial charge in [-0.15, -0.1) is 0 Å². The number of anilines is 1. The van der Waals surface area contributed by atoms with E-state index in [4.69, 9.17) is 16.3 Å². The predicted octanol–water partition coefficient (Wildman–Crippen LogP) is 4.80. The van der Waals surface area contributed by atoms with Crippen molar-refractivity contribution in [2.24, 2.45) is 0 Å². The highest BCUT2D eigenvalue weighted by Crippen LogP contribution is 2.26. The van der Waals surface area contributed by atoms with Crippen molar-refractivity contribution >= 4 is 39.1 Å². The van der Waals surface area contributed by atoms with Gasteiger partial charge in [0.1, 0.15) is 18.3 Å². The van der Waals surface area contributed by atoms with Crippen LogP contribution in [0.4, 0.5) is 5.69 Å². The maximum Gasteiger partial charge on any atom is 0.264 e. The number of aryl methyl sites for hydroxylation is 1. The van der Waals surface area contributed by atoms with Gasteiger partial charge in [0.2, 0.25) is 11.8 Å². The third-order valence-corrected chi connectivity index (χ3v) is 8.24. The standard InChI is InChI=1S/C29H34ClN3O5S/c1-5-17-31-29(35)22(3)32(19-23-9-13-26(38-4)14-10-23)28(34)20-33(25-8-6-7-21(2)18-25)39(36,37)27-15-11-24(30)12-16-27/h6-16,18,22H,5,17,19-20H2,1-4H3,(H,31,35)/t22-/m1/s1. The Labute approximate surface area is 235 Å². The van der Waals surface area contributed by atoms with E-state index < -0.39 is 28.5 Å². The summed E-state index contributed by atoms with van der Waals surface area (Å²) in [5.41, 5.74) is 1.94. The molecule has 10 heteroatoms. The number of halogens is 1. The van der Waals surface area contributed by atoms with Gasteiger partial charge in [0, 0.05) is 18.1 Å². The van der Waals surface area contributed by atoms with Crippen LogP contribution in [0.3, 0.4) is 0 Å². The Hall–Kier alpha value is -3.56. The van der Waals surface area contributed by atoms with Crippen LogP contribution in [0.5, 0.6) is 5.75 Å². The van der Waals surface area contributed by atoms with Gasteiger partial charge in [-0.1, -0.05) is 42.8 Å². The number of hydrogen-bond acceptors (Lipinski definition) is 5. The third-order valence-electron chi connectivity index (χ3n) is 6.20. The van der Waals surface area contributed by atoms with E-state index in [0.29, 0.717) is 23.0 Å². The number of carbonyl (C=O) groups excluding carboxylic acids is 2. The molecule has 0 fully saturated rings. The highest BCUT2D eigenvalue weighted by molar-refractivity contribution is 7.92. The molecule has 1 atom stereocenters. The van der Waals surface area contributed by atoms with Gasteiger partial charge >= 0.3 is 0 Å². The summed E-state index contributed by atoms with van der Waals surface area (Å²) in [5, 5.41) is 3.22. The molecule has 8 nitrogen and oxygen atoms in total. The number of hydrogen-bond donors (Lipinski definition) is 1. The number of ether oxygens (including phenoxy) is 1. The lowest BCUT2D eigenvalue weighted by Crippen LogP contribution is -2.51. The SMILES string of the molecule is CCCNC(=O)[C@@H](C)N(Cc1ccc(OC)cc1)C(=O)CN(c1cccc(C)c1)S(=O)(=O)c1ccc(Cl)cc1. The fraction of sp³-hybridized carbons (Fsp3) is 0.310. The van der Waals surface area contributed by atoms with Crippen LogP contribution in [0.2, 0.25) is 5.02 Å². The van der Waals surface area contributed by atoms with E-state index in [1.54, 1.807) is 56.5 Å². The van der Waals surface area contributed by atoms with Crippen molar-refractivity contribution in [2.45, 2.75) is 44.7 Å². The minimum Gasteiger partial charge on any atom is -0.497 e. The summed E-state index contributed by atoms with van der Waals surface area (Å²) in [5.74, 6) is -0.185. The average molecular weight is 572 g/mol. The molecular formula is C29H34ClN3O5S. The third kappa shape index (κ3) is 7.74. The molecule has 1 N–H and O–H groups in total. The second kappa shape index (κ2) is 13.5. The summed E-state index contributed by atoms with van der Waals surface area (Å²) in [6.07, 6.45) is 0.741. The molecule has 0 heterocycles. The molecule has 0 bridgehead atoms. The number of benzene rings is 3. The summed E-state index contributed by atoms with van der Waals surface area (Å²) in [6.45, 7) is 5.48. The van der Waals surface area contributed by atoms with Crippen LogP contribution in [-0.2, 0) is 26.2 Å². The number of sulfonamides is 1. The highest BCUT2D eigenvalue weighted by atomic mass is 35.5. The van der Waals surface area contributed by atoms with E-state index in [2.05, 4.69) is 5.32 Å². The van der Waals surface area contributed by atoms with Crippen molar-refractivity contribution in [3.05, 3.63) is 88.9 Å². The van der Waals surface area contributed by atoms with E-state index in [1.807, 2.05) is 19.9 Å². The van der Waals surface area contributed by atoms with Crippen molar-refractivity contribution in [2.75, 3.05) is 24.5 Å². The highest BCUT2D eigenvalue weighted by Gasteiger charge is 2.32. The van der Waals surface area contributed by atoms with Crippen molar-refractivity contribution in [1.29, 1.82) is 0 Å². The van der Waals surface area contributed by atoms with Crippen LogP contribution in [-0.4, -0.2) is 51.4 Å². The summed E-state index contributed by atoms with van der Waals surface area (Å²) >= 11 is 5.99. The van der Waals surface area contributed by atoms with E-state index in [-0.39, 0.29) is 17.3 Å². The quantitative estimate of drug-likeness (QED) is 0.337. The molecule has 2 amide bonds. The number of nitrogens with zero attached hydrogens (tertiary/aromatic N) is 2. The molecule has 0 spiro atoms. The zero-order valence-electron chi connectivity index (χ0n) is 22.6.